The average Bonchev–Trinajstić information content (AvgIpc) is 3.52. The minimum absolute atomic E-state index is 0.224. The number of carbonyl (C=O) groups is 2. The third-order valence-electron chi connectivity index (χ3n) is 5.89. The SMILES string of the molecule is CCCC(NC(=O)C1=NOC(c2ccccc2)C1)C(=O)Nc1cccc(N2CCCC2)c1. The molecule has 2 atom stereocenters. The predicted molar refractivity (Wildman–Crippen MR) is 126 cm³/mol. The summed E-state index contributed by atoms with van der Waals surface area (Å²) in [5.74, 6) is -0.583. The van der Waals surface area contributed by atoms with Crippen molar-refractivity contribution in [2.45, 2.75) is 51.2 Å². The normalized spacial score (nSPS) is 18.6. The highest BCUT2D eigenvalue weighted by atomic mass is 16.6. The Bertz CT molecular complexity index is 970. The van der Waals surface area contributed by atoms with E-state index in [0.717, 1.165) is 36.4 Å². The van der Waals surface area contributed by atoms with Crippen molar-refractivity contribution in [1.29, 1.82) is 0 Å². The molecule has 2 aromatic carbocycles. The predicted octanol–water partition coefficient (Wildman–Crippen LogP) is 4.03. The second-order valence-electron chi connectivity index (χ2n) is 8.30. The monoisotopic (exact) mass is 434 g/mol. The van der Waals surface area contributed by atoms with Crippen LogP contribution in [-0.2, 0) is 14.4 Å². The number of anilines is 2. The van der Waals surface area contributed by atoms with Gasteiger partial charge in [0.05, 0.1) is 0 Å². The van der Waals surface area contributed by atoms with Crippen LogP contribution in [0, 0.1) is 0 Å². The van der Waals surface area contributed by atoms with Gasteiger partial charge in [-0.1, -0.05) is 54.9 Å². The van der Waals surface area contributed by atoms with E-state index in [0.29, 0.717) is 18.6 Å². The van der Waals surface area contributed by atoms with E-state index >= 15 is 0 Å². The number of amides is 2. The van der Waals surface area contributed by atoms with Gasteiger partial charge in [-0.05, 0) is 43.0 Å². The van der Waals surface area contributed by atoms with Crippen molar-refractivity contribution in [2.75, 3.05) is 23.3 Å². The first-order valence-corrected chi connectivity index (χ1v) is 11.4. The molecular formula is C25H30N4O3. The summed E-state index contributed by atoms with van der Waals surface area (Å²) in [6, 6.07) is 16.9. The van der Waals surface area contributed by atoms with E-state index < -0.39 is 6.04 Å². The molecule has 7 nitrogen and oxygen atoms in total. The van der Waals surface area contributed by atoms with E-state index in [1.165, 1.54) is 12.8 Å². The van der Waals surface area contributed by atoms with Gasteiger partial charge in [-0.3, -0.25) is 9.59 Å². The summed E-state index contributed by atoms with van der Waals surface area (Å²) in [6.07, 6.45) is 3.80. The molecule has 4 rings (SSSR count). The van der Waals surface area contributed by atoms with Crippen LogP contribution in [0.15, 0.2) is 59.8 Å². The molecule has 0 spiro atoms. The maximum Gasteiger partial charge on any atom is 0.269 e. The standard InChI is InChI=1S/C25H30N4O3/c1-2-9-21(24(30)26-19-12-8-13-20(16-19)29-14-6-7-15-29)27-25(31)22-17-23(32-28-22)18-10-4-3-5-11-18/h3-5,8,10-13,16,21,23H,2,6-7,9,14-15,17H2,1H3,(H,26,30)(H,27,31). The van der Waals surface area contributed by atoms with E-state index in [4.69, 9.17) is 4.84 Å². The molecule has 0 bridgehead atoms. The van der Waals surface area contributed by atoms with Crippen molar-refractivity contribution in [1.82, 2.24) is 5.32 Å². The molecule has 0 aliphatic carbocycles. The van der Waals surface area contributed by atoms with Crippen LogP contribution in [0.5, 0.6) is 0 Å². The molecule has 2 amide bonds. The second-order valence-corrected chi connectivity index (χ2v) is 8.30. The lowest BCUT2D eigenvalue weighted by molar-refractivity contribution is -0.123. The third kappa shape index (κ3) is 5.28. The third-order valence-corrected chi connectivity index (χ3v) is 5.89. The fraction of sp³-hybridized carbons (Fsp3) is 0.400. The van der Waals surface area contributed by atoms with Crippen LogP contribution < -0.4 is 15.5 Å². The number of hydrogen-bond donors (Lipinski definition) is 2. The van der Waals surface area contributed by atoms with Gasteiger partial charge < -0.3 is 20.4 Å². The Balaban J connectivity index is 1.36. The average molecular weight is 435 g/mol. The van der Waals surface area contributed by atoms with Gasteiger partial charge in [0.15, 0.2) is 6.10 Å². The first kappa shape index (κ1) is 21.9. The summed E-state index contributed by atoms with van der Waals surface area (Å²) in [6.45, 7) is 4.07. The number of benzene rings is 2. The van der Waals surface area contributed by atoms with Crippen molar-refractivity contribution >= 4 is 28.9 Å². The van der Waals surface area contributed by atoms with E-state index in [9.17, 15) is 9.59 Å². The Kier molecular flexibility index (Phi) is 7.04. The largest absolute Gasteiger partial charge is 0.387 e. The zero-order valence-electron chi connectivity index (χ0n) is 18.4. The molecule has 1 fully saturated rings. The Labute approximate surface area is 188 Å². The van der Waals surface area contributed by atoms with Crippen LogP contribution >= 0.6 is 0 Å². The van der Waals surface area contributed by atoms with Gasteiger partial charge in [-0.15, -0.1) is 0 Å². The highest BCUT2D eigenvalue weighted by molar-refractivity contribution is 6.39. The molecule has 2 unspecified atom stereocenters. The number of rotatable bonds is 8. The maximum atomic E-state index is 13.0. The smallest absolute Gasteiger partial charge is 0.269 e. The summed E-state index contributed by atoms with van der Waals surface area (Å²) in [5.41, 5.74) is 3.13. The van der Waals surface area contributed by atoms with Gasteiger partial charge >= 0.3 is 0 Å². The van der Waals surface area contributed by atoms with Crippen molar-refractivity contribution < 1.29 is 14.4 Å². The summed E-state index contributed by atoms with van der Waals surface area (Å²) in [7, 11) is 0. The van der Waals surface area contributed by atoms with Gasteiger partial charge in [0, 0.05) is 30.9 Å². The van der Waals surface area contributed by atoms with Crippen molar-refractivity contribution in [3.63, 3.8) is 0 Å². The molecule has 1 saturated heterocycles. The number of carbonyl (C=O) groups excluding carboxylic acids is 2. The first-order valence-electron chi connectivity index (χ1n) is 11.4. The topological polar surface area (TPSA) is 83.0 Å². The minimum Gasteiger partial charge on any atom is -0.387 e. The lowest BCUT2D eigenvalue weighted by Crippen LogP contribution is -2.46. The molecule has 168 valence electrons. The number of hydrogen-bond acceptors (Lipinski definition) is 5. The van der Waals surface area contributed by atoms with Crippen LogP contribution in [0.2, 0.25) is 0 Å². The lowest BCUT2D eigenvalue weighted by atomic mass is 10.0. The number of nitrogens with zero attached hydrogens (tertiary/aromatic N) is 2. The van der Waals surface area contributed by atoms with Gasteiger partial charge in [-0.25, -0.2) is 0 Å². The van der Waals surface area contributed by atoms with E-state index in [-0.39, 0.29) is 17.9 Å². The van der Waals surface area contributed by atoms with Gasteiger partial charge in [0.1, 0.15) is 11.8 Å². The lowest BCUT2D eigenvalue weighted by Gasteiger charge is -2.20. The van der Waals surface area contributed by atoms with Gasteiger partial charge in [0.25, 0.3) is 5.91 Å². The molecule has 2 aromatic rings. The maximum absolute atomic E-state index is 13.0. The molecule has 2 aliphatic rings. The number of nitrogens with one attached hydrogen (secondary N) is 2. The molecule has 0 radical (unpaired) electrons. The molecular weight excluding hydrogens is 404 g/mol. The van der Waals surface area contributed by atoms with Crippen LogP contribution in [0.25, 0.3) is 0 Å². The highest BCUT2D eigenvalue weighted by Gasteiger charge is 2.30. The van der Waals surface area contributed by atoms with E-state index in [1.54, 1.807) is 0 Å². The zero-order valence-corrected chi connectivity index (χ0v) is 18.4. The van der Waals surface area contributed by atoms with E-state index in [1.807, 2.05) is 55.5 Å². The van der Waals surface area contributed by atoms with Gasteiger partial charge in [-0.2, -0.15) is 0 Å². The van der Waals surface area contributed by atoms with Crippen LogP contribution in [-0.4, -0.2) is 36.7 Å². The summed E-state index contributed by atoms with van der Waals surface area (Å²) < 4.78 is 0. The fourth-order valence-corrected chi connectivity index (χ4v) is 4.14. The Hall–Kier alpha value is -3.35. The van der Waals surface area contributed by atoms with Gasteiger partial charge in [0.2, 0.25) is 5.91 Å². The molecule has 2 aliphatic heterocycles. The van der Waals surface area contributed by atoms with Crippen LogP contribution in [0.3, 0.4) is 0 Å². The van der Waals surface area contributed by atoms with Crippen LogP contribution in [0.1, 0.15) is 50.7 Å². The molecule has 0 saturated carbocycles. The van der Waals surface area contributed by atoms with Crippen molar-refractivity contribution in [3.05, 3.63) is 60.2 Å². The Morgan fingerprint density at radius 3 is 2.66 bits per heavy atom. The quantitative estimate of drug-likeness (QED) is 0.657. The summed E-state index contributed by atoms with van der Waals surface area (Å²) >= 11 is 0. The molecule has 7 heteroatoms. The molecule has 0 aromatic heterocycles. The highest BCUT2D eigenvalue weighted by Crippen LogP contribution is 2.27. The second kappa shape index (κ2) is 10.3. The van der Waals surface area contributed by atoms with E-state index in [2.05, 4.69) is 26.8 Å². The first-order chi connectivity index (χ1) is 15.6. The minimum atomic E-state index is -0.638. The van der Waals surface area contributed by atoms with Crippen LogP contribution in [0.4, 0.5) is 11.4 Å². The van der Waals surface area contributed by atoms with Crippen molar-refractivity contribution in [3.8, 4) is 0 Å². The summed E-state index contributed by atoms with van der Waals surface area (Å²) in [5, 5.41) is 9.79. The zero-order chi connectivity index (χ0) is 22.3. The number of oxime groups is 1. The summed E-state index contributed by atoms with van der Waals surface area (Å²) in [4.78, 5) is 33.5. The fourth-order valence-electron chi connectivity index (χ4n) is 4.14. The molecule has 2 N–H and O–H groups in total. The Morgan fingerprint density at radius 2 is 1.91 bits per heavy atom. The molecule has 2 heterocycles. The van der Waals surface area contributed by atoms with Crippen molar-refractivity contribution in [2.24, 2.45) is 5.16 Å². The molecule has 32 heavy (non-hydrogen) atoms. The Morgan fingerprint density at radius 1 is 1.12 bits per heavy atom.